The van der Waals surface area contributed by atoms with E-state index in [-0.39, 0.29) is 6.10 Å². The van der Waals surface area contributed by atoms with Crippen LogP contribution in [0.1, 0.15) is 38.5 Å². The standard InChI is InChI=1S/C17H21N3O/c18-15-12-16(21-14-10-6-1-2-7-11-14)20-17(19-15)13-8-4-3-5-9-13/h3-5,8-9,12,14H,1-2,6-7,10-11H2,(H2,18,19,20). The van der Waals surface area contributed by atoms with E-state index >= 15 is 0 Å². The van der Waals surface area contributed by atoms with Crippen LogP contribution in [-0.4, -0.2) is 16.1 Å². The number of benzene rings is 1. The normalized spacial score (nSPS) is 16.4. The highest BCUT2D eigenvalue weighted by Crippen LogP contribution is 2.24. The highest BCUT2D eigenvalue weighted by molar-refractivity contribution is 5.57. The Labute approximate surface area is 125 Å². The molecule has 110 valence electrons. The summed E-state index contributed by atoms with van der Waals surface area (Å²) in [6.45, 7) is 0. The Kier molecular flexibility index (Phi) is 4.34. The Morgan fingerprint density at radius 2 is 1.67 bits per heavy atom. The molecule has 3 rings (SSSR count). The number of aromatic nitrogens is 2. The first kappa shape index (κ1) is 13.9. The molecule has 21 heavy (non-hydrogen) atoms. The second-order valence-corrected chi connectivity index (χ2v) is 5.55. The van der Waals surface area contributed by atoms with Crippen LogP contribution in [0.3, 0.4) is 0 Å². The Morgan fingerprint density at radius 1 is 0.952 bits per heavy atom. The van der Waals surface area contributed by atoms with E-state index in [2.05, 4.69) is 9.97 Å². The van der Waals surface area contributed by atoms with Crippen molar-refractivity contribution >= 4 is 5.82 Å². The molecule has 1 heterocycles. The number of rotatable bonds is 3. The van der Waals surface area contributed by atoms with Gasteiger partial charge in [0.05, 0.1) is 0 Å². The lowest BCUT2D eigenvalue weighted by Crippen LogP contribution is -2.16. The van der Waals surface area contributed by atoms with Gasteiger partial charge >= 0.3 is 0 Å². The highest BCUT2D eigenvalue weighted by atomic mass is 16.5. The summed E-state index contributed by atoms with van der Waals surface area (Å²) in [6.07, 6.45) is 7.54. The van der Waals surface area contributed by atoms with E-state index in [4.69, 9.17) is 10.5 Å². The van der Waals surface area contributed by atoms with Crippen molar-refractivity contribution in [1.29, 1.82) is 0 Å². The largest absolute Gasteiger partial charge is 0.474 e. The number of hydrogen-bond acceptors (Lipinski definition) is 4. The number of nitrogens with zero attached hydrogens (tertiary/aromatic N) is 2. The maximum Gasteiger partial charge on any atom is 0.219 e. The first-order chi connectivity index (χ1) is 10.3. The smallest absolute Gasteiger partial charge is 0.219 e. The van der Waals surface area contributed by atoms with Gasteiger partial charge in [0.25, 0.3) is 0 Å². The van der Waals surface area contributed by atoms with E-state index in [0.29, 0.717) is 17.5 Å². The monoisotopic (exact) mass is 283 g/mol. The van der Waals surface area contributed by atoms with Crippen LogP contribution >= 0.6 is 0 Å². The molecule has 4 nitrogen and oxygen atoms in total. The number of ether oxygens (including phenoxy) is 1. The molecule has 1 fully saturated rings. The minimum Gasteiger partial charge on any atom is -0.474 e. The molecule has 2 N–H and O–H groups in total. The molecule has 0 aliphatic heterocycles. The number of nitrogens with two attached hydrogens (primary N) is 1. The first-order valence-electron chi connectivity index (χ1n) is 7.68. The molecular weight excluding hydrogens is 262 g/mol. The fourth-order valence-corrected chi connectivity index (χ4v) is 2.75. The van der Waals surface area contributed by atoms with Gasteiger partial charge < -0.3 is 10.5 Å². The van der Waals surface area contributed by atoms with Crippen molar-refractivity contribution in [2.45, 2.75) is 44.6 Å². The Balaban J connectivity index is 1.81. The van der Waals surface area contributed by atoms with E-state index in [0.717, 1.165) is 18.4 Å². The average molecular weight is 283 g/mol. The summed E-state index contributed by atoms with van der Waals surface area (Å²) < 4.78 is 6.05. The quantitative estimate of drug-likeness (QED) is 0.870. The lowest BCUT2D eigenvalue weighted by atomic mass is 10.1. The van der Waals surface area contributed by atoms with E-state index in [1.165, 1.54) is 25.7 Å². The zero-order chi connectivity index (χ0) is 14.5. The van der Waals surface area contributed by atoms with Crippen LogP contribution in [0.2, 0.25) is 0 Å². The van der Waals surface area contributed by atoms with Gasteiger partial charge in [-0.05, 0) is 25.7 Å². The fraction of sp³-hybridized carbons (Fsp3) is 0.412. The van der Waals surface area contributed by atoms with Gasteiger partial charge in [0.1, 0.15) is 11.9 Å². The van der Waals surface area contributed by atoms with Gasteiger partial charge in [0, 0.05) is 11.6 Å². The Morgan fingerprint density at radius 3 is 2.38 bits per heavy atom. The maximum absolute atomic E-state index is 6.05. The molecule has 1 aliphatic rings. The van der Waals surface area contributed by atoms with E-state index in [1.807, 2.05) is 30.3 Å². The molecular formula is C17H21N3O. The molecule has 1 aliphatic carbocycles. The molecule has 1 saturated carbocycles. The Bertz CT molecular complexity index is 578. The SMILES string of the molecule is Nc1cc(OC2CCCCCC2)nc(-c2ccccc2)n1. The number of hydrogen-bond donors (Lipinski definition) is 1. The molecule has 2 aromatic rings. The number of nitrogen functional groups attached to an aromatic ring is 1. The topological polar surface area (TPSA) is 61.0 Å². The van der Waals surface area contributed by atoms with Crippen molar-refractivity contribution in [1.82, 2.24) is 9.97 Å². The first-order valence-corrected chi connectivity index (χ1v) is 7.68. The average Bonchev–Trinajstić information content (AvgIpc) is 2.76. The molecule has 0 radical (unpaired) electrons. The van der Waals surface area contributed by atoms with Crippen molar-refractivity contribution < 1.29 is 4.74 Å². The van der Waals surface area contributed by atoms with Crippen molar-refractivity contribution in [2.75, 3.05) is 5.73 Å². The van der Waals surface area contributed by atoms with Gasteiger partial charge in [0.2, 0.25) is 5.88 Å². The van der Waals surface area contributed by atoms with Gasteiger partial charge in [-0.15, -0.1) is 0 Å². The van der Waals surface area contributed by atoms with E-state index in [9.17, 15) is 0 Å². The van der Waals surface area contributed by atoms with Crippen LogP contribution < -0.4 is 10.5 Å². The van der Waals surface area contributed by atoms with Crippen LogP contribution in [0, 0.1) is 0 Å². The molecule has 0 unspecified atom stereocenters. The number of anilines is 1. The van der Waals surface area contributed by atoms with Crippen LogP contribution in [-0.2, 0) is 0 Å². The van der Waals surface area contributed by atoms with Gasteiger partial charge in [-0.2, -0.15) is 4.98 Å². The predicted molar refractivity (Wildman–Crippen MR) is 84.0 cm³/mol. The summed E-state index contributed by atoms with van der Waals surface area (Å²) in [5.41, 5.74) is 6.86. The minimum atomic E-state index is 0.255. The third-order valence-corrected chi connectivity index (χ3v) is 3.84. The third kappa shape index (κ3) is 3.72. The third-order valence-electron chi connectivity index (χ3n) is 3.84. The second-order valence-electron chi connectivity index (χ2n) is 5.55. The van der Waals surface area contributed by atoms with Crippen LogP contribution in [0.5, 0.6) is 5.88 Å². The summed E-state index contributed by atoms with van der Waals surface area (Å²) in [7, 11) is 0. The lowest BCUT2D eigenvalue weighted by Gasteiger charge is -2.16. The Hall–Kier alpha value is -2.10. The zero-order valence-corrected chi connectivity index (χ0v) is 12.2. The molecule has 0 atom stereocenters. The van der Waals surface area contributed by atoms with Gasteiger partial charge in [-0.3, -0.25) is 0 Å². The zero-order valence-electron chi connectivity index (χ0n) is 12.2. The van der Waals surface area contributed by atoms with Crippen molar-refractivity contribution in [3.8, 4) is 17.3 Å². The van der Waals surface area contributed by atoms with Crippen LogP contribution in [0.4, 0.5) is 5.82 Å². The van der Waals surface area contributed by atoms with Gasteiger partial charge in [-0.1, -0.05) is 43.2 Å². The van der Waals surface area contributed by atoms with Crippen LogP contribution in [0.25, 0.3) is 11.4 Å². The maximum atomic E-state index is 6.05. The second kappa shape index (κ2) is 6.57. The van der Waals surface area contributed by atoms with E-state index in [1.54, 1.807) is 6.07 Å². The molecule has 0 amide bonds. The molecule has 0 spiro atoms. The van der Waals surface area contributed by atoms with Crippen molar-refractivity contribution in [3.63, 3.8) is 0 Å². The predicted octanol–water partition coefficient (Wildman–Crippen LogP) is 3.83. The summed E-state index contributed by atoms with van der Waals surface area (Å²) >= 11 is 0. The van der Waals surface area contributed by atoms with Gasteiger partial charge in [-0.25, -0.2) is 4.98 Å². The van der Waals surface area contributed by atoms with Gasteiger partial charge in [0.15, 0.2) is 5.82 Å². The molecule has 4 heteroatoms. The summed E-state index contributed by atoms with van der Waals surface area (Å²) in [6, 6.07) is 11.6. The summed E-state index contributed by atoms with van der Waals surface area (Å²) in [4.78, 5) is 8.82. The van der Waals surface area contributed by atoms with E-state index < -0.39 is 0 Å². The molecule has 1 aromatic heterocycles. The molecule has 1 aromatic carbocycles. The fourth-order valence-electron chi connectivity index (χ4n) is 2.75. The van der Waals surface area contributed by atoms with Crippen LogP contribution in [0.15, 0.2) is 36.4 Å². The molecule has 0 saturated heterocycles. The summed E-state index contributed by atoms with van der Waals surface area (Å²) in [5, 5.41) is 0. The molecule has 0 bridgehead atoms. The van der Waals surface area contributed by atoms with Crippen molar-refractivity contribution in [2.24, 2.45) is 0 Å². The summed E-state index contributed by atoms with van der Waals surface area (Å²) in [5.74, 6) is 1.67. The lowest BCUT2D eigenvalue weighted by molar-refractivity contribution is 0.176. The van der Waals surface area contributed by atoms with Crippen molar-refractivity contribution in [3.05, 3.63) is 36.4 Å². The highest BCUT2D eigenvalue weighted by Gasteiger charge is 2.15. The minimum absolute atomic E-state index is 0.255.